The Balaban J connectivity index is 2.03. The highest BCUT2D eigenvalue weighted by atomic mass is 31.2. The average molecular weight is 386 g/mol. The molecule has 2 aliphatic heterocycles. The first-order valence-corrected chi connectivity index (χ1v) is 10.3. The Morgan fingerprint density at radius 3 is 2.31 bits per heavy atom. The third kappa shape index (κ3) is 3.27. The minimum atomic E-state index is -3.41. The molecule has 146 valence electrons. The third-order valence-electron chi connectivity index (χ3n) is 4.65. The zero-order chi connectivity index (χ0) is 19.0. The Morgan fingerprint density at radius 2 is 1.81 bits per heavy atom. The Kier molecular flexibility index (Phi) is 5.62. The van der Waals surface area contributed by atoms with Gasteiger partial charge in [0.05, 0.1) is 13.2 Å². The summed E-state index contributed by atoms with van der Waals surface area (Å²) in [4.78, 5) is 0. The quantitative estimate of drug-likeness (QED) is 0.386. The highest BCUT2D eigenvalue weighted by Crippen LogP contribution is 2.68. The van der Waals surface area contributed by atoms with Gasteiger partial charge in [-0.15, -0.1) is 0 Å². The van der Waals surface area contributed by atoms with Crippen molar-refractivity contribution < 1.29 is 32.8 Å². The van der Waals surface area contributed by atoms with E-state index in [2.05, 4.69) is 0 Å². The van der Waals surface area contributed by atoms with Crippen molar-refractivity contribution in [2.75, 3.05) is 27.4 Å². The van der Waals surface area contributed by atoms with Crippen molar-refractivity contribution in [1.82, 2.24) is 0 Å². The van der Waals surface area contributed by atoms with Crippen LogP contribution in [0.1, 0.15) is 20.8 Å². The van der Waals surface area contributed by atoms with Crippen LogP contribution in [0.5, 0.6) is 0 Å². The minimum absolute atomic E-state index is 0.250. The van der Waals surface area contributed by atoms with Crippen molar-refractivity contribution in [3.05, 3.63) is 30.3 Å². The summed E-state index contributed by atoms with van der Waals surface area (Å²) in [6, 6.07) is 9.11. The molecule has 26 heavy (non-hydrogen) atoms. The molecule has 0 spiro atoms. The predicted molar refractivity (Wildman–Crippen MR) is 95.6 cm³/mol. The molecule has 2 aliphatic rings. The molecule has 0 aliphatic carbocycles. The van der Waals surface area contributed by atoms with Crippen LogP contribution >= 0.6 is 7.37 Å². The number of rotatable bonds is 8. The van der Waals surface area contributed by atoms with Gasteiger partial charge in [0.2, 0.25) is 0 Å². The lowest BCUT2D eigenvalue weighted by molar-refractivity contribution is -0.201. The van der Waals surface area contributed by atoms with E-state index in [0.717, 1.165) is 0 Å². The third-order valence-corrected chi connectivity index (χ3v) is 7.76. The smallest absolute Gasteiger partial charge is 0.268 e. The van der Waals surface area contributed by atoms with Crippen molar-refractivity contribution in [3.8, 4) is 0 Å². The summed E-state index contributed by atoms with van der Waals surface area (Å²) in [5.41, 5.74) is 0. The number of benzene rings is 1. The largest absolute Gasteiger partial charge is 0.356 e. The Morgan fingerprint density at radius 1 is 1.19 bits per heavy atom. The lowest BCUT2D eigenvalue weighted by atomic mass is 10.1. The van der Waals surface area contributed by atoms with E-state index in [1.165, 1.54) is 14.2 Å². The monoisotopic (exact) mass is 386 g/mol. The van der Waals surface area contributed by atoms with Crippen LogP contribution < -0.4 is 5.30 Å². The molecule has 0 bridgehead atoms. The molecule has 7 nitrogen and oxygen atoms in total. The van der Waals surface area contributed by atoms with E-state index in [4.69, 9.17) is 28.2 Å². The van der Waals surface area contributed by atoms with Gasteiger partial charge in [-0.25, -0.2) is 0 Å². The first kappa shape index (κ1) is 20.0. The zero-order valence-electron chi connectivity index (χ0n) is 15.8. The van der Waals surface area contributed by atoms with E-state index in [9.17, 15) is 4.57 Å². The Labute approximate surface area is 154 Å². The zero-order valence-corrected chi connectivity index (χ0v) is 16.7. The summed E-state index contributed by atoms with van der Waals surface area (Å²) < 4.78 is 48.7. The molecule has 2 fully saturated rings. The maximum absolute atomic E-state index is 14.1. The molecule has 0 aromatic heterocycles. The fraction of sp³-hybridized carbons (Fsp3) is 0.667. The van der Waals surface area contributed by atoms with Crippen LogP contribution in [0, 0.1) is 0 Å². The molecule has 2 saturated heterocycles. The number of hydrogen-bond donors (Lipinski definition) is 0. The number of ether oxygens (including phenoxy) is 5. The van der Waals surface area contributed by atoms with Crippen LogP contribution in [0.25, 0.3) is 0 Å². The topological polar surface area (TPSA) is 75.8 Å². The van der Waals surface area contributed by atoms with Gasteiger partial charge in [0.15, 0.2) is 17.4 Å². The van der Waals surface area contributed by atoms with Gasteiger partial charge < -0.3 is 28.2 Å². The van der Waals surface area contributed by atoms with E-state index in [1.807, 2.05) is 25.1 Å². The van der Waals surface area contributed by atoms with Crippen LogP contribution in [0.3, 0.4) is 0 Å². The minimum Gasteiger partial charge on any atom is -0.356 e. The molecule has 3 rings (SSSR count). The first-order valence-electron chi connectivity index (χ1n) is 8.69. The summed E-state index contributed by atoms with van der Waals surface area (Å²) in [5.74, 6) is -0.892. The Bertz CT molecular complexity index is 655. The molecule has 0 N–H and O–H groups in total. The molecule has 0 saturated carbocycles. The van der Waals surface area contributed by atoms with Gasteiger partial charge >= 0.3 is 0 Å². The lowest BCUT2D eigenvalue weighted by Crippen LogP contribution is -2.47. The van der Waals surface area contributed by atoms with Gasteiger partial charge in [0.25, 0.3) is 7.37 Å². The first-order chi connectivity index (χ1) is 12.3. The fourth-order valence-electron chi connectivity index (χ4n) is 3.49. The van der Waals surface area contributed by atoms with Crippen molar-refractivity contribution in [3.63, 3.8) is 0 Å². The fourth-order valence-corrected chi connectivity index (χ4v) is 6.16. The number of epoxide rings is 1. The van der Waals surface area contributed by atoms with Gasteiger partial charge in [0.1, 0.15) is 12.2 Å². The van der Waals surface area contributed by atoms with E-state index in [-0.39, 0.29) is 13.2 Å². The van der Waals surface area contributed by atoms with E-state index in [0.29, 0.717) is 5.30 Å². The standard InChI is InChI=1S/C18H27O7P/c1-6-23-26(19,13-10-8-7-9-11-13)18(12-22-18)15-14(16(20-4)21-5)24-17(2,3)25-15/h7-11,14-16H,6,12H2,1-5H3. The molecule has 0 radical (unpaired) electrons. The second-order valence-corrected chi connectivity index (χ2v) is 9.43. The molecular weight excluding hydrogens is 359 g/mol. The van der Waals surface area contributed by atoms with Gasteiger partial charge in [-0.1, -0.05) is 18.2 Å². The van der Waals surface area contributed by atoms with Crippen molar-refractivity contribution >= 4 is 12.7 Å². The Hall–Kier alpha value is -0.790. The summed E-state index contributed by atoms with van der Waals surface area (Å²) in [6.45, 7) is 5.95. The maximum atomic E-state index is 14.1. The van der Waals surface area contributed by atoms with Crippen LogP contribution in [-0.2, 0) is 32.8 Å². The second kappa shape index (κ2) is 7.32. The summed E-state index contributed by atoms with van der Waals surface area (Å²) in [7, 11) is -0.351. The van der Waals surface area contributed by atoms with Gasteiger partial charge in [-0.05, 0) is 32.9 Å². The normalized spacial score (nSPS) is 32.5. The van der Waals surface area contributed by atoms with Crippen LogP contribution in [0.2, 0.25) is 0 Å². The number of hydrogen-bond acceptors (Lipinski definition) is 7. The molecule has 0 amide bonds. The number of methoxy groups -OCH3 is 2. The van der Waals surface area contributed by atoms with E-state index in [1.54, 1.807) is 26.0 Å². The van der Waals surface area contributed by atoms with Crippen molar-refractivity contribution in [2.45, 2.75) is 50.4 Å². The van der Waals surface area contributed by atoms with Gasteiger partial charge in [0, 0.05) is 19.5 Å². The molecular formula is C18H27O7P. The predicted octanol–water partition coefficient (Wildman–Crippen LogP) is 2.49. The molecule has 1 aromatic rings. The van der Waals surface area contributed by atoms with E-state index < -0.39 is 37.0 Å². The molecule has 4 unspecified atom stereocenters. The van der Waals surface area contributed by atoms with Crippen molar-refractivity contribution in [1.29, 1.82) is 0 Å². The summed E-state index contributed by atoms with van der Waals surface area (Å²) in [6.07, 6.45) is -1.96. The SMILES string of the molecule is CCOP(=O)(c1ccccc1)C1(C2OC(C)(C)OC2C(OC)OC)CO1. The highest BCUT2D eigenvalue weighted by molar-refractivity contribution is 7.68. The highest BCUT2D eigenvalue weighted by Gasteiger charge is 2.72. The van der Waals surface area contributed by atoms with Crippen LogP contribution in [0.15, 0.2) is 30.3 Å². The molecule has 8 heteroatoms. The van der Waals surface area contributed by atoms with E-state index >= 15 is 0 Å². The lowest BCUT2D eigenvalue weighted by Gasteiger charge is -2.32. The maximum Gasteiger partial charge on any atom is 0.268 e. The van der Waals surface area contributed by atoms with Crippen LogP contribution in [0.4, 0.5) is 0 Å². The van der Waals surface area contributed by atoms with Crippen LogP contribution in [-0.4, -0.2) is 57.1 Å². The van der Waals surface area contributed by atoms with Gasteiger partial charge in [-0.3, -0.25) is 4.57 Å². The molecule has 2 heterocycles. The average Bonchev–Trinajstić information content (AvgIpc) is 3.37. The second-order valence-electron chi connectivity index (χ2n) is 6.80. The summed E-state index contributed by atoms with van der Waals surface area (Å²) >= 11 is 0. The van der Waals surface area contributed by atoms with Crippen molar-refractivity contribution in [2.24, 2.45) is 0 Å². The van der Waals surface area contributed by atoms with Gasteiger partial charge in [-0.2, -0.15) is 0 Å². The molecule has 1 aromatic carbocycles. The molecule has 4 atom stereocenters. The summed E-state index contributed by atoms with van der Waals surface area (Å²) in [5, 5.41) is -0.532.